The molecule has 0 radical (unpaired) electrons. The Kier molecular flexibility index (Phi) is 5.38. The van der Waals surface area contributed by atoms with Crippen molar-refractivity contribution in [3.63, 3.8) is 0 Å². The lowest BCUT2D eigenvalue weighted by Gasteiger charge is -2.23. The molecule has 0 spiro atoms. The van der Waals surface area contributed by atoms with Crippen molar-refractivity contribution in [2.75, 3.05) is 0 Å². The Hall–Kier alpha value is -5.40. The Morgan fingerprint density at radius 3 is 1.96 bits per heavy atom. The van der Waals surface area contributed by atoms with Gasteiger partial charge in [-0.15, -0.1) is 0 Å². The van der Waals surface area contributed by atoms with Crippen molar-refractivity contribution in [3.05, 3.63) is 156 Å². The molecule has 7 aromatic carbocycles. The zero-order chi connectivity index (χ0) is 30.4. The maximum absolute atomic E-state index is 6.33. The van der Waals surface area contributed by atoms with Crippen molar-refractivity contribution < 1.29 is 4.42 Å². The van der Waals surface area contributed by atoms with Gasteiger partial charge >= 0.3 is 0 Å². The van der Waals surface area contributed by atoms with Crippen LogP contribution in [0.15, 0.2) is 138 Å². The number of rotatable bonds is 3. The molecule has 214 valence electrons. The van der Waals surface area contributed by atoms with Gasteiger partial charge in [-0.25, -0.2) is 0 Å². The van der Waals surface area contributed by atoms with Crippen LogP contribution in [-0.4, -0.2) is 0 Å². The summed E-state index contributed by atoms with van der Waals surface area (Å²) in [6, 6.07) is 44.4. The van der Waals surface area contributed by atoms with Gasteiger partial charge in [0.1, 0.15) is 11.2 Å². The molecule has 0 unspecified atom stereocenters. The summed E-state index contributed by atoms with van der Waals surface area (Å²) in [7, 11) is 0. The van der Waals surface area contributed by atoms with Crippen LogP contribution >= 0.6 is 0 Å². The first-order valence-electron chi connectivity index (χ1n) is 15.7. The molecule has 0 saturated carbocycles. The lowest BCUT2D eigenvalue weighted by molar-refractivity contribution is 0.639. The number of fused-ring (bicyclic) bond motifs is 10. The summed E-state index contributed by atoms with van der Waals surface area (Å²) in [5.74, 6) is 0. The van der Waals surface area contributed by atoms with E-state index in [-0.39, 0.29) is 5.41 Å². The maximum atomic E-state index is 6.33. The summed E-state index contributed by atoms with van der Waals surface area (Å²) in [4.78, 5) is 0. The van der Waals surface area contributed by atoms with E-state index in [9.17, 15) is 0 Å². The van der Waals surface area contributed by atoms with Crippen LogP contribution in [-0.2, 0) is 5.41 Å². The number of benzene rings is 7. The number of hydrogen-bond acceptors (Lipinski definition) is 1. The lowest BCUT2D eigenvalue weighted by Crippen LogP contribution is -2.15. The Bertz CT molecular complexity index is 2590. The summed E-state index contributed by atoms with van der Waals surface area (Å²) in [6.45, 7) is 11.1. The largest absolute Gasteiger partial charge is 0.456 e. The molecule has 0 fully saturated rings. The van der Waals surface area contributed by atoms with Gasteiger partial charge in [0, 0.05) is 16.2 Å². The first kappa shape index (κ1) is 26.0. The smallest absolute Gasteiger partial charge is 0.136 e. The fourth-order valence-electron chi connectivity index (χ4n) is 7.78. The Balaban J connectivity index is 1.25. The van der Waals surface area contributed by atoms with E-state index < -0.39 is 0 Å². The first-order chi connectivity index (χ1) is 21.9. The van der Waals surface area contributed by atoms with Crippen molar-refractivity contribution in [1.82, 2.24) is 0 Å². The zero-order valence-electron chi connectivity index (χ0n) is 25.7. The van der Waals surface area contributed by atoms with Crippen molar-refractivity contribution in [3.8, 4) is 11.1 Å². The molecule has 0 amide bonds. The number of para-hydroxylation sites is 1. The fraction of sp³-hybridized carbons (Fsp3) is 0.0909. The second-order valence-electron chi connectivity index (χ2n) is 13.0. The standard InChI is InChI=1S/C44H32O/c1-5-27-12-6-7-13-30(27)43-26(2)44(3,4)40-23-29(19-21-35(40)43)28-18-20-33-36(22-28)31-14-8-9-15-32(31)37-24-39-34-16-10-11-17-41(34)45-42(39)25-38(33)37/h5-25H,1H2,2-4H3. The molecule has 0 atom stereocenters. The van der Waals surface area contributed by atoms with Crippen LogP contribution in [0.5, 0.6) is 0 Å². The third kappa shape index (κ3) is 3.61. The summed E-state index contributed by atoms with van der Waals surface area (Å²) in [5.41, 5.74) is 12.1. The molecule has 8 aromatic rings. The minimum Gasteiger partial charge on any atom is -0.456 e. The molecule has 45 heavy (non-hydrogen) atoms. The van der Waals surface area contributed by atoms with E-state index in [2.05, 4.69) is 143 Å². The van der Waals surface area contributed by atoms with Gasteiger partial charge in [-0.3, -0.25) is 0 Å². The van der Waals surface area contributed by atoms with Crippen molar-refractivity contribution >= 4 is 65.9 Å². The second-order valence-corrected chi connectivity index (χ2v) is 13.0. The SMILES string of the molecule is C=Cc1ccccc1C1=C(C)C(C)(C)c2cc(-c3ccc4c(c3)c3ccccc3c3cc5c(cc43)oc3ccccc35)ccc21. The highest BCUT2D eigenvalue weighted by Gasteiger charge is 2.36. The minimum absolute atomic E-state index is 0.0767. The normalized spacial score (nSPS) is 14.3. The molecule has 0 saturated heterocycles. The van der Waals surface area contributed by atoms with Gasteiger partial charge in [0.05, 0.1) is 0 Å². The number of furan rings is 1. The summed E-state index contributed by atoms with van der Waals surface area (Å²) >= 11 is 0. The maximum Gasteiger partial charge on any atom is 0.136 e. The Morgan fingerprint density at radius 2 is 1.16 bits per heavy atom. The van der Waals surface area contributed by atoms with Crippen LogP contribution < -0.4 is 0 Å². The van der Waals surface area contributed by atoms with E-state index in [0.29, 0.717) is 0 Å². The number of allylic oxidation sites excluding steroid dienone is 1. The van der Waals surface area contributed by atoms with E-state index in [0.717, 1.165) is 16.6 Å². The predicted molar refractivity (Wildman–Crippen MR) is 193 cm³/mol. The highest BCUT2D eigenvalue weighted by Crippen LogP contribution is 2.50. The molecule has 1 heteroatoms. The van der Waals surface area contributed by atoms with Crippen LogP contribution in [0.4, 0.5) is 0 Å². The molecule has 0 N–H and O–H groups in total. The van der Waals surface area contributed by atoms with Gasteiger partial charge < -0.3 is 4.42 Å². The lowest BCUT2D eigenvalue weighted by atomic mass is 9.81. The van der Waals surface area contributed by atoms with Gasteiger partial charge in [-0.1, -0.05) is 123 Å². The second kappa shape index (κ2) is 9.30. The fourth-order valence-corrected chi connectivity index (χ4v) is 7.78. The van der Waals surface area contributed by atoms with Gasteiger partial charge in [0.2, 0.25) is 0 Å². The molecular formula is C44H32O. The molecule has 0 aliphatic heterocycles. The highest BCUT2D eigenvalue weighted by molar-refractivity contribution is 6.28. The molecule has 1 nitrogen and oxygen atoms in total. The van der Waals surface area contributed by atoms with Crippen molar-refractivity contribution in [2.45, 2.75) is 26.2 Å². The summed E-state index contributed by atoms with van der Waals surface area (Å²) in [6.07, 6.45) is 1.97. The quantitative estimate of drug-likeness (QED) is 0.191. The van der Waals surface area contributed by atoms with Crippen molar-refractivity contribution in [2.24, 2.45) is 0 Å². The Morgan fingerprint density at radius 1 is 0.533 bits per heavy atom. The Labute approximate surface area is 262 Å². The van der Waals surface area contributed by atoms with Crippen LogP contribution in [0, 0.1) is 0 Å². The number of hydrogen-bond donors (Lipinski definition) is 0. The zero-order valence-corrected chi connectivity index (χ0v) is 25.7. The first-order valence-corrected chi connectivity index (χ1v) is 15.7. The van der Waals surface area contributed by atoms with E-state index in [1.165, 1.54) is 82.2 Å². The molecule has 9 rings (SSSR count). The molecule has 1 heterocycles. The van der Waals surface area contributed by atoms with Gasteiger partial charge in [-0.2, -0.15) is 0 Å². The average molecular weight is 577 g/mol. The van der Waals surface area contributed by atoms with Gasteiger partial charge in [0.15, 0.2) is 0 Å². The minimum atomic E-state index is -0.0767. The predicted octanol–water partition coefficient (Wildman–Crippen LogP) is 12.5. The third-order valence-corrected chi connectivity index (χ3v) is 10.4. The molecule has 1 aliphatic carbocycles. The average Bonchev–Trinajstić information content (AvgIpc) is 3.54. The van der Waals surface area contributed by atoms with Crippen LogP contribution in [0.25, 0.3) is 77.0 Å². The molecule has 1 aliphatic rings. The van der Waals surface area contributed by atoms with E-state index in [1.807, 2.05) is 12.1 Å². The van der Waals surface area contributed by atoms with Crippen LogP contribution in [0.3, 0.4) is 0 Å². The van der Waals surface area contributed by atoms with Crippen LogP contribution in [0.1, 0.15) is 43.0 Å². The van der Waals surface area contributed by atoms with E-state index >= 15 is 0 Å². The topological polar surface area (TPSA) is 13.1 Å². The third-order valence-electron chi connectivity index (χ3n) is 10.4. The van der Waals surface area contributed by atoms with Gasteiger partial charge in [0.25, 0.3) is 0 Å². The summed E-state index contributed by atoms with van der Waals surface area (Å²) in [5, 5.41) is 9.87. The molecular weight excluding hydrogens is 544 g/mol. The van der Waals surface area contributed by atoms with E-state index in [4.69, 9.17) is 4.42 Å². The highest BCUT2D eigenvalue weighted by atomic mass is 16.3. The van der Waals surface area contributed by atoms with Gasteiger partial charge in [-0.05, 0) is 109 Å². The monoisotopic (exact) mass is 576 g/mol. The summed E-state index contributed by atoms with van der Waals surface area (Å²) < 4.78 is 6.33. The van der Waals surface area contributed by atoms with E-state index in [1.54, 1.807) is 0 Å². The molecule has 1 aromatic heterocycles. The van der Waals surface area contributed by atoms with Crippen LogP contribution in [0.2, 0.25) is 0 Å². The molecule has 0 bridgehead atoms. The van der Waals surface area contributed by atoms with Crippen molar-refractivity contribution in [1.29, 1.82) is 0 Å².